The number of Topliss-reactive ketones (excluding diaryl/α,β-unsaturated/α-hetero) is 2. The molecule has 0 spiro atoms. The first-order valence-electron chi connectivity index (χ1n) is 18.6. The highest BCUT2D eigenvalue weighted by molar-refractivity contribution is 7.98. The van der Waals surface area contributed by atoms with E-state index in [9.17, 15) is 19.2 Å². The summed E-state index contributed by atoms with van der Waals surface area (Å²) in [5.74, 6) is 1.53. The molecular formula is C42H40N6O4S4. The van der Waals surface area contributed by atoms with Crippen molar-refractivity contribution >= 4 is 69.4 Å². The summed E-state index contributed by atoms with van der Waals surface area (Å²) in [6, 6.07) is 16.1. The van der Waals surface area contributed by atoms with Crippen LogP contribution in [0.4, 0.5) is 11.6 Å². The van der Waals surface area contributed by atoms with Gasteiger partial charge in [-0.2, -0.15) is 0 Å². The molecule has 2 aliphatic carbocycles. The van der Waals surface area contributed by atoms with E-state index in [4.69, 9.17) is 9.97 Å². The summed E-state index contributed by atoms with van der Waals surface area (Å²) in [6.07, 6.45) is 2.31. The van der Waals surface area contributed by atoms with E-state index in [1.165, 1.54) is 23.5 Å². The highest BCUT2D eigenvalue weighted by Gasteiger charge is 2.44. The molecule has 10 nitrogen and oxygen atoms in total. The first kappa shape index (κ1) is 37.1. The molecule has 0 fully saturated rings. The van der Waals surface area contributed by atoms with Gasteiger partial charge in [-0.1, -0.05) is 87.6 Å². The number of allylic oxidation sites excluding steroid dienone is 4. The summed E-state index contributed by atoms with van der Waals surface area (Å²) in [7, 11) is 0. The summed E-state index contributed by atoms with van der Waals surface area (Å²) >= 11 is 6.00. The van der Waals surface area contributed by atoms with Gasteiger partial charge in [0.1, 0.15) is 11.6 Å². The standard InChI is InChI=1S/C42H40N6O4S4/c1-41(2)15-23-29(25(49)17-41)31(27-7-5-13-53-27)33-35(43-23)45-39(47-37(33)51)55-19-21-9-11-22(12-10-21)20-56-40-46-36-34(38(52)48-40)32(28-8-6-14-54-28)30-24(44-36)16-42(3,4)18-26(30)50/h5-14,31-32H,15-20H2,1-4H3,(H2,43,45,47,51)(H2,44,46,48,52). The maximum atomic E-state index is 13.7. The molecule has 0 radical (unpaired) electrons. The zero-order chi connectivity index (χ0) is 38.9. The van der Waals surface area contributed by atoms with Gasteiger partial charge in [-0.25, -0.2) is 9.97 Å². The topological polar surface area (TPSA) is 150 Å². The number of nitrogens with zero attached hydrogens (tertiary/aromatic N) is 2. The van der Waals surface area contributed by atoms with Crippen LogP contribution >= 0.6 is 46.2 Å². The monoisotopic (exact) mass is 820 g/mol. The number of hydrogen-bond acceptors (Lipinski definition) is 12. The predicted octanol–water partition coefficient (Wildman–Crippen LogP) is 8.96. The van der Waals surface area contributed by atoms with Crippen molar-refractivity contribution in [2.75, 3.05) is 10.6 Å². The molecular weight excluding hydrogens is 781 g/mol. The molecule has 4 aromatic heterocycles. The van der Waals surface area contributed by atoms with E-state index in [0.717, 1.165) is 32.3 Å². The Bertz CT molecular complexity index is 2400. The van der Waals surface area contributed by atoms with Gasteiger partial charge in [-0.3, -0.25) is 19.2 Å². The number of carbonyl (C=O) groups excluding carboxylic acids is 2. The van der Waals surface area contributed by atoms with E-state index in [-0.39, 0.29) is 33.5 Å². The number of aromatic nitrogens is 4. The Kier molecular flexibility index (Phi) is 9.38. The first-order valence-corrected chi connectivity index (χ1v) is 22.3. The number of carbonyl (C=O) groups is 2. The molecule has 9 rings (SSSR count). The van der Waals surface area contributed by atoms with Crippen LogP contribution in [0.15, 0.2) is 102 Å². The van der Waals surface area contributed by atoms with E-state index in [1.54, 1.807) is 22.7 Å². The first-order chi connectivity index (χ1) is 26.8. The Morgan fingerprint density at radius 1 is 0.625 bits per heavy atom. The second-order valence-corrected chi connectivity index (χ2v) is 20.4. The molecule has 0 saturated carbocycles. The number of ketones is 2. The van der Waals surface area contributed by atoms with Crippen LogP contribution < -0.4 is 21.8 Å². The third-order valence-corrected chi connectivity index (χ3v) is 14.6. The second kappa shape index (κ2) is 14.2. The van der Waals surface area contributed by atoms with Crippen molar-refractivity contribution < 1.29 is 9.59 Å². The van der Waals surface area contributed by atoms with Crippen molar-refractivity contribution in [1.82, 2.24) is 19.9 Å². The van der Waals surface area contributed by atoms with Gasteiger partial charge in [0.05, 0.1) is 23.0 Å². The van der Waals surface area contributed by atoms with Crippen LogP contribution in [0.2, 0.25) is 0 Å². The molecule has 2 unspecified atom stereocenters. The third kappa shape index (κ3) is 6.94. The van der Waals surface area contributed by atoms with Crippen LogP contribution in [0.5, 0.6) is 0 Å². The molecule has 0 amide bonds. The molecule has 5 aromatic rings. The van der Waals surface area contributed by atoms with Crippen molar-refractivity contribution in [2.24, 2.45) is 10.8 Å². The molecule has 4 N–H and O–H groups in total. The van der Waals surface area contributed by atoms with Gasteiger partial charge in [0.2, 0.25) is 0 Å². The molecule has 14 heteroatoms. The number of fused-ring (bicyclic) bond motifs is 2. The number of aromatic amines is 2. The molecule has 2 atom stereocenters. The van der Waals surface area contributed by atoms with E-state index in [0.29, 0.717) is 81.4 Å². The Balaban J connectivity index is 0.897. The number of hydrogen-bond donors (Lipinski definition) is 4. The number of thioether (sulfide) groups is 2. The Hall–Kier alpha value is -4.50. The fourth-order valence-electron chi connectivity index (χ4n) is 8.44. The second-order valence-electron chi connectivity index (χ2n) is 16.5. The predicted molar refractivity (Wildman–Crippen MR) is 225 cm³/mol. The van der Waals surface area contributed by atoms with Gasteiger partial charge in [-0.15, -0.1) is 22.7 Å². The van der Waals surface area contributed by atoms with Crippen molar-refractivity contribution in [3.63, 3.8) is 0 Å². The van der Waals surface area contributed by atoms with Crippen LogP contribution in [-0.2, 0) is 21.1 Å². The summed E-state index contributed by atoms with van der Waals surface area (Å²) in [5.41, 5.74) is 5.40. The molecule has 0 bridgehead atoms. The van der Waals surface area contributed by atoms with Gasteiger partial charge in [-0.05, 0) is 57.7 Å². The average Bonchev–Trinajstić information content (AvgIpc) is 3.87. The quantitative estimate of drug-likeness (QED) is 0.0883. The lowest BCUT2D eigenvalue weighted by Gasteiger charge is -2.38. The number of thiophene rings is 2. The number of rotatable bonds is 8. The summed E-state index contributed by atoms with van der Waals surface area (Å²) in [6.45, 7) is 8.40. The Morgan fingerprint density at radius 3 is 1.41 bits per heavy atom. The minimum absolute atomic E-state index is 0.0817. The number of anilines is 2. The summed E-state index contributed by atoms with van der Waals surface area (Å²) in [5, 5.41) is 11.8. The van der Waals surface area contributed by atoms with Gasteiger partial charge < -0.3 is 20.6 Å². The summed E-state index contributed by atoms with van der Waals surface area (Å²) in [4.78, 5) is 72.0. The molecule has 2 aliphatic heterocycles. The van der Waals surface area contributed by atoms with Crippen LogP contribution in [0.25, 0.3) is 0 Å². The normalized spacial score (nSPS) is 20.8. The minimum Gasteiger partial charge on any atom is -0.343 e. The summed E-state index contributed by atoms with van der Waals surface area (Å²) < 4.78 is 0. The van der Waals surface area contributed by atoms with Crippen molar-refractivity contribution in [3.05, 3.63) is 135 Å². The highest BCUT2D eigenvalue weighted by Crippen LogP contribution is 2.50. The Labute approximate surface area is 340 Å². The Morgan fingerprint density at radius 2 is 1.04 bits per heavy atom. The van der Waals surface area contributed by atoms with Crippen LogP contribution in [-0.4, -0.2) is 31.5 Å². The third-order valence-electron chi connectivity index (χ3n) is 10.8. The zero-order valence-electron chi connectivity index (χ0n) is 31.3. The number of H-pyrrole nitrogens is 2. The van der Waals surface area contributed by atoms with E-state index < -0.39 is 11.8 Å². The number of benzene rings is 1. The lowest BCUT2D eigenvalue weighted by atomic mass is 9.70. The fourth-order valence-corrected chi connectivity index (χ4v) is 11.8. The van der Waals surface area contributed by atoms with Crippen LogP contribution in [0.3, 0.4) is 0 Å². The molecule has 4 aliphatic rings. The SMILES string of the molecule is CC1(C)CC(=O)C2=C(C1)Nc1nc(SCc3ccc(CSc4nc5c(c(=O)[nH]4)C(c4cccs4)C4=C(CC(C)(C)CC4=O)N5)cc3)[nH]c(=O)c1C2c1cccs1. The van der Waals surface area contributed by atoms with E-state index in [2.05, 4.69) is 72.6 Å². The lowest BCUT2D eigenvalue weighted by Crippen LogP contribution is -2.36. The highest BCUT2D eigenvalue weighted by atomic mass is 32.2. The maximum absolute atomic E-state index is 13.7. The lowest BCUT2D eigenvalue weighted by molar-refractivity contribution is -0.119. The largest absolute Gasteiger partial charge is 0.343 e. The smallest absolute Gasteiger partial charge is 0.257 e. The fraction of sp³-hybridized carbons (Fsp3) is 0.333. The van der Waals surface area contributed by atoms with Crippen LogP contribution in [0.1, 0.15) is 97.2 Å². The van der Waals surface area contributed by atoms with Crippen LogP contribution in [0, 0.1) is 10.8 Å². The van der Waals surface area contributed by atoms with Gasteiger partial charge in [0.25, 0.3) is 11.1 Å². The average molecular weight is 821 g/mol. The van der Waals surface area contributed by atoms with Crippen molar-refractivity contribution in [3.8, 4) is 0 Å². The molecule has 0 saturated heterocycles. The van der Waals surface area contributed by atoms with Crippen molar-refractivity contribution in [1.29, 1.82) is 0 Å². The maximum Gasteiger partial charge on any atom is 0.257 e. The van der Waals surface area contributed by atoms with E-state index in [1.807, 2.05) is 35.0 Å². The zero-order valence-corrected chi connectivity index (χ0v) is 34.6. The molecule has 6 heterocycles. The number of nitrogens with one attached hydrogen (secondary N) is 4. The van der Waals surface area contributed by atoms with Gasteiger partial charge in [0, 0.05) is 56.6 Å². The van der Waals surface area contributed by atoms with E-state index >= 15 is 0 Å². The van der Waals surface area contributed by atoms with Gasteiger partial charge >= 0.3 is 0 Å². The molecule has 286 valence electrons. The molecule has 1 aromatic carbocycles. The minimum atomic E-state index is -0.431. The van der Waals surface area contributed by atoms with Gasteiger partial charge in [0.15, 0.2) is 21.9 Å². The molecule has 56 heavy (non-hydrogen) atoms. The van der Waals surface area contributed by atoms with Crippen molar-refractivity contribution in [2.45, 2.75) is 87.0 Å².